The van der Waals surface area contributed by atoms with Crippen LogP contribution in [0.3, 0.4) is 0 Å². The first-order valence-electron chi connectivity index (χ1n) is 6.87. The molecule has 1 unspecified atom stereocenters. The molecule has 5 nitrogen and oxygen atoms in total. The first-order chi connectivity index (χ1) is 9.37. The van der Waals surface area contributed by atoms with Crippen molar-refractivity contribution in [3.63, 3.8) is 0 Å². The molecule has 0 spiro atoms. The standard InChI is InChI=1S/C14H24N2O3S/c1-6-18-12(17)14(5,16-10(2)3)7-8-20-13-15-11(4)9-19-13/h9-10,16H,6-8H2,1-5H3. The van der Waals surface area contributed by atoms with E-state index in [0.29, 0.717) is 18.3 Å². The summed E-state index contributed by atoms with van der Waals surface area (Å²) >= 11 is 1.51. The molecule has 0 bridgehead atoms. The van der Waals surface area contributed by atoms with Crippen LogP contribution in [0.15, 0.2) is 15.9 Å². The number of aromatic nitrogens is 1. The molecule has 6 heteroatoms. The highest BCUT2D eigenvalue weighted by Gasteiger charge is 2.34. The Hall–Kier alpha value is -1.01. The summed E-state index contributed by atoms with van der Waals surface area (Å²) in [6.07, 6.45) is 2.27. The number of oxazole rings is 1. The molecule has 1 rings (SSSR count). The zero-order valence-corrected chi connectivity index (χ0v) is 13.7. The highest BCUT2D eigenvalue weighted by molar-refractivity contribution is 7.99. The first kappa shape index (κ1) is 17.0. The van der Waals surface area contributed by atoms with Crippen LogP contribution in [0.4, 0.5) is 0 Å². The Kier molecular flexibility index (Phi) is 6.55. The molecule has 1 atom stereocenters. The molecular weight excluding hydrogens is 276 g/mol. The van der Waals surface area contributed by atoms with Crippen LogP contribution >= 0.6 is 11.8 Å². The van der Waals surface area contributed by atoms with Gasteiger partial charge < -0.3 is 9.15 Å². The Balaban J connectivity index is 2.57. The van der Waals surface area contributed by atoms with Crippen molar-refractivity contribution in [2.24, 2.45) is 0 Å². The zero-order valence-electron chi connectivity index (χ0n) is 12.9. The van der Waals surface area contributed by atoms with Gasteiger partial charge in [-0.05, 0) is 41.0 Å². The molecule has 20 heavy (non-hydrogen) atoms. The molecule has 114 valence electrons. The molecule has 0 saturated carbocycles. The van der Waals surface area contributed by atoms with Gasteiger partial charge in [0, 0.05) is 11.8 Å². The SMILES string of the molecule is CCOC(=O)C(C)(CCSc1nc(C)co1)NC(C)C. The van der Waals surface area contributed by atoms with E-state index in [4.69, 9.17) is 9.15 Å². The summed E-state index contributed by atoms with van der Waals surface area (Å²) in [7, 11) is 0. The topological polar surface area (TPSA) is 64.4 Å². The number of ether oxygens (including phenoxy) is 1. The van der Waals surface area contributed by atoms with Crippen molar-refractivity contribution in [1.29, 1.82) is 0 Å². The van der Waals surface area contributed by atoms with Crippen LogP contribution in [0.1, 0.15) is 39.8 Å². The lowest BCUT2D eigenvalue weighted by atomic mass is 9.98. The van der Waals surface area contributed by atoms with E-state index in [1.165, 1.54) is 11.8 Å². The minimum atomic E-state index is -0.682. The van der Waals surface area contributed by atoms with Crippen molar-refractivity contribution in [3.8, 4) is 0 Å². The van der Waals surface area contributed by atoms with E-state index < -0.39 is 5.54 Å². The maximum atomic E-state index is 12.1. The highest BCUT2D eigenvalue weighted by atomic mass is 32.2. The predicted octanol–water partition coefficient (Wildman–Crippen LogP) is 2.79. The van der Waals surface area contributed by atoms with Gasteiger partial charge >= 0.3 is 5.97 Å². The Bertz CT molecular complexity index is 434. The molecule has 1 N–H and O–H groups in total. The molecule has 0 aliphatic heterocycles. The second kappa shape index (κ2) is 7.69. The second-order valence-corrected chi connectivity index (χ2v) is 6.25. The number of rotatable bonds is 8. The molecule has 0 aromatic carbocycles. The monoisotopic (exact) mass is 300 g/mol. The number of aryl methyl sites for hydroxylation is 1. The minimum Gasteiger partial charge on any atom is -0.465 e. The number of thioether (sulfide) groups is 1. The number of nitrogens with zero attached hydrogens (tertiary/aromatic N) is 1. The molecule has 0 amide bonds. The first-order valence-corrected chi connectivity index (χ1v) is 7.86. The van der Waals surface area contributed by atoms with Gasteiger partial charge in [-0.25, -0.2) is 4.98 Å². The third-order valence-electron chi connectivity index (χ3n) is 2.76. The van der Waals surface area contributed by atoms with Crippen LogP contribution in [-0.2, 0) is 9.53 Å². The van der Waals surface area contributed by atoms with Gasteiger partial charge in [-0.1, -0.05) is 11.8 Å². The summed E-state index contributed by atoms with van der Waals surface area (Å²) in [6.45, 7) is 10.0. The van der Waals surface area contributed by atoms with Gasteiger partial charge in [0.05, 0.1) is 12.3 Å². The van der Waals surface area contributed by atoms with Crippen LogP contribution in [0.2, 0.25) is 0 Å². The molecule has 0 fully saturated rings. The Morgan fingerprint density at radius 2 is 2.30 bits per heavy atom. The predicted molar refractivity (Wildman–Crippen MR) is 79.9 cm³/mol. The number of carbonyl (C=O) groups is 1. The fourth-order valence-corrected chi connectivity index (χ4v) is 2.91. The number of hydrogen-bond acceptors (Lipinski definition) is 6. The summed E-state index contributed by atoms with van der Waals surface area (Å²) in [5.41, 5.74) is 0.180. The van der Waals surface area contributed by atoms with Gasteiger partial charge in [0.1, 0.15) is 11.8 Å². The Morgan fingerprint density at radius 3 is 2.80 bits per heavy atom. The lowest BCUT2D eigenvalue weighted by molar-refractivity contribution is -0.150. The molecule has 1 aromatic heterocycles. The fraction of sp³-hybridized carbons (Fsp3) is 0.714. The Labute approximate surface area is 124 Å². The van der Waals surface area contributed by atoms with E-state index in [1.54, 1.807) is 6.26 Å². The molecule has 0 aliphatic carbocycles. The summed E-state index contributed by atoms with van der Waals surface area (Å²) in [5.74, 6) is 0.521. The summed E-state index contributed by atoms with van der Waals surface area (Å²) in [4.78, 5) is 16.3. The second-order valence-electron chi connectivity index (χ2n) is 5.20. The number of carbonyl (C=O) groups excluding carboxylic acids is 1. The van der Waals surface area contributed by atoms with E-state index >= 15 is 0 Å². The molecule has 0 aliphatic rings. The minimum absolute atomic E-state index is 0.207. The van der Waals surface area contributed by atoms with Crippen LogP contribution < -0.4 is 5.32 Å². The van der Waals surface area contributed by atoms with E-state index in [1.807, 2.05) is 34.6 Å². The van der Waals surface area contributed by atoms with Gasteiger partial charge in [0.25, 0.3) is 5.22 Å². The fourth-order valence-electron chi connectivity index (χ4n) is 1.90. The van der Waals surface area contributed by atoms with Crippen LogP contribution in [0.25, 0.3) is 0 Å². The number of nitrogens with one attached hydrogen (secondary N) is 1. The zero-order chi connectivity index (χ0) is 15.2. The van der Waals surface area contributed by atoms with Crippen molar-refractivity contribution in [3.05, 3.63) is 12.0 Å². The van der Waals surface area contributed by atoms with Crippen molar-refractivity contribution in [2.75, 3.05) is 12.4 Å². The van der Waals surface area contributed by atoms with Gasteiger partial charge in [-0.2, -0.15) is 0 Å². The third kappa shape index (κ3) is 5.17. The Morgan fingerprint density at radius 1 is 1.60 bits per heavy atom. The average Bonchev–Trinajstić information content (AvgIpc) is 2.74. The van der Waals surface area contributed by atoms with Crippen molar-refractivity contribution >= 4 is 17.7 Å². The number of hydrogen-bond donors (Lipinski definition) is 1. The number of esters is 1. The average molecular weight is 300 g/mol. The van der Waals surface area contributed by atoms with Crippen molar-refractivity contribution in [2.45, 2.75) is 57.8 Å². The van der Waals surface area contributed by atoms with Gasteiger partial charge in [0.15, 0.2) is 0 Å². The van der Waals surface area contributed by atoms with E-state index in [0.717, 1.165) is 11.4 Å². The van der Waals surface area contributed by atoms with Crippen LogP contribution in [0.5, 0.6) is 0 Å². The maximum Gasteiger partial charge on any atom is 0.326 e. The molecule has 0 saturated heterocycles. The van der Waals surface area contributed by atoms with E-state index in [2.05, 4.69) is 10.3 Å². The molecule has 1 aromatic rings. The van der Waals surface area contributed by atoms with E-state index in [-0.39, 0.29) is 12.0 Å². The summed E-state index contributed by atoms with van der Waals surface area (Å²) in [6, 6.07) is 0.207. The third-order valence-corrected chi connectivity index (χ3v) is 3.60. The maximum absolute atomic E-state index is 12.1. The van der Waals surface area contributed by atoms with Crippen LogP contribution in [-0.4, -0.2) is 34.9 Å². The molecule has 0 radical (unpaired) electrons. The highest BCUT2D eigenvalue weighted by Crippen LogP contribution is 2.22. The van der Waals surface area contributed by atoms with E-state index in [9.17, 15) is 4.79 Å². The summed E-state index contributed by atoms with van der Waals surface area (Å²) < 4.78 is 10.4. The van der Waals surface area contributed by atoms with Gasteiger partial charge in [0.2, 0.25) is 0 Å². The molecule has 1 heterocycles. The smallest absolute Gasteiger partial charge is 0.326 e. The summed E-state index contributed by atoms with van der Waals surface area (Å²) in [5, 5.41) is 3.93. The van der Waals surface area contributed by atoms with Gasteiger partial charge in [-0.3, -0.25) is 10.1 Å². The quantitative estimate of drug-likeness (QED) is 0.588. The van der Waals surface area contributed by atoms with Gasteiger partial charge in [-0.15, -0.1) is 0 Å². The molecular formula is C14H24N2O3S. The van der Waals surface area contributed by atoms with Crippen molar-refractivity contribution in [1.82, 2.24) is 10.3 Å². The lowest BCUT2D eigenvalue weighted by Crippen LogP contribution is -2.53. The van der Waals surface area contributed by atoms with Crippen molar-refractivity contribution < 1.29 is 13.9 Å². The normalized spacial score (nSPS) is 14.3. The largest absolute Gasteiger partial charge is 0.465 e. The van der Waals surface area contributed by atoms with Crippen LogP contribution in [0, 0.1) is 6.92 Å². The lowest BCUT2D eigenvalue weighted by Gasteiger charge is -2.30.